The average molecular weight is 488 g/mol. The van der Waals surface area contributed by atoms with Crippen LogP contribution in [-0.2, 0) is 4.79 Å². The Balaban J connectivity index is 1.31. The summed E-state index contributed by atoms with van der Waals surface area (Å²) in [5, 5.41) is 12.5. The quantitative estimate of drug-likeness (QED) is 0.555. The number of aliphatic hydroxyl groups excluding tert-OH is 1. The summed E-state index contributed by atoms with van der Waals surface area (Å²) in [7, 11) is 0. The number of halogens is 2. The van der Waals surface area contributed by atoms with E-state index in [2.05, 4.69) is 17.2 Å². The number of hydrogen-bond acceptors (Lipinski definition) is 3. The molecule has 0 unspecified atom stereocenters. The van der Waals surface area contributed by atoms with Crippen LogP contribution in [0, 0.1) is 23.5 Å². The van der Waals surface area contributed by atoms with Crippen LogP contribution >= 0.6 is 0 Å². The molecule has 2 saturated heterocycles. The van der Waals surface area contributed by atoms with Crippen LogP contribution in [0.15, 0.2) is 72.8 Å². The molecule has 0 aromatic heterocycles. The van der Waals surface area contributed by atoms with E-state index < -0.39 is 11.8 Å². The minimum Gasteiger partial charge on any atom is -0.394 e. The standard InChI is InChI=1S/C28H23F2N3O3/c29-21-13-9-19(10-14-21)6-5-18-7-11-20(12-8-18)27-24-15-32(16-26(35)33(24)25(27)17-34)28(36)31-23-4-2-1-3-22(23)30/h1-4,7-14,24-25,27,34H,15-17H2,(H,31,36)/t24-,25+,27-/m0/s1. The predicted octanol–water partition coefficient (Wildman–Crippen LogP) is 3.57. The van der Waals surface area contributed by atoms with Crippen molar-refractivity contribution in [2.45, 2.75) is 18.0 Å². The zero-order valence-electron chi connectivity index (χ0n) is 19.2. The first kappa shape index (κ1) is 23.5. The molecule has 3 aromatic carbocycles. The second kappa shape index (κ2) is 9.80. The van der Waals surface area contributed by atoms with Crippen LogP contribution in [0.1, 0.15) is 22.6 Å². The number of piperazine rings is 1. The molecule has 2 aliphatic heterocycles. The summed E-state index contributed by atoms with van der Waals surface area (Å²) in [6, 6.07) is 18.1. The zero-order valence-corrected chi connectivity index (χ0v) is 19.2. The molecule has 2 aliphatic rings. The number of carbonyl (C=O) groups is 2. The molecule has 6 nitrogen and oxygen atoms in total. The highest BCUT2D eigenvalue weighted by molar-refractivity contribution is 5.94. The number of amides is 3. The van der Waals surface area contributed by atoms with Gasteiger partial charge in [0.15, 0.2) is 0 Å². The highest BCUT2D eigenvalue weighted by Gasteiger charge is 2.54. The van der Waals surface area contributed by atoms with Crippen LogP contribution in [0.2, 0.25) is 0 Å². The minimum atomic E-state index is -0.555. The van der Waals surface area contributed by atoms with Crippen molar-refractivity contribution in [2.75, 3.05) is 25.0 Å². The van der Waals surface area contributed by atoms with Crippen molar-refractivity contribution in [3.05, 3.63) is 101 Å². The first-order valence-corrected chi connectivity index (χ1v) is 11.5. The van der Waals surface area contributed by atoms with Crippen molar-refractivity contribution in [2.24, 2.45) is 0 Å². The first-order chi connectivity index (χ1) is 17.4. The maximum atomic E-state index is 14.0. The Kier molecular flexibility index (Phi) is 6.40. The predicted molar refractivity (Wildman–Crippen MR) is 130 cm³/mol. The van der Waals surface area contributed by atoms with Crippen LogP contribution in [0.5, 0.6) is 0 Å². The molecule has 36 heavy (non-hydrogen) atoms. The molecule has 0 saturated carbocycles. The number of benzene rings is 3. The SMILES string of the molecule is O=C(Nc1ccccc1F)N1CC(=O)N2[C@H](CO)[C@@H](c3ccc(C#Cc4ccc(F)cc4)cc3)[C@@H]2C1. The summed E-state index contributed by atoms with van der Waals surface area (Å²) in [6.07, 6.45) is 0. The van der Waals surface area contributed by atoms with Crippen molar-refractivity contribution in [3.63, 3.8) is 0 Å². The third-order valence-electron chi connectivity index (χ3n) is 6.65. The topological polar surface area (TPSA) is 72.9 Å². The van der Waals surface area contributed by atoms with Gasteiger partial charge in [0.05, 0.1) is 24.4 Å². The Bertz CT molecular complexity index is 1350. The molecule has 0 radical (unpaired) electrons. The van der Waals surface area contributed by atoms with Crippen LogP contribution in [0.25, 0.3) is 0 Å². The van der Waals surface area contributed by atoms with Crippen LogP contribution in [0.3, 0.4) is 0 Å². The number of para-hydroxylation sites is 1. The molecule has 2 heterocycles. The van der Waals surface area contributed by atoms with E-state index in [0.29, 0.717) is 5.56 Å². The molecule has 8 heteroatoms. The summed E-state index contributed by atoms with van der Waals surface area (Å²) in [5.74, 6) is 4.74. The smallest absolute Gasteiger partial charge is 0.322 e. The molecule has 0 spiro atoms. The van der Waals surface area contributed by atoms with E-state index in [1.807, 2.05) is 24.3 Å². The van der Waals surface area contributed by atoms with E-state index in [0.717, 1.165) is 11.1 Å². The van der Waals surface area contributed by atoms with Gasteiger partial charge in [0.25, 0.3) is 0 Å². The maximum Gasteiger partial charge on any atom is 0.322 e. The third-order valence-corrected chi connectivity index (χ3v) is 6.65. The third kappa shape index (κ3) is 4.53. The van der Waals surface area contributed by atoms with E-state index in [9.17, 15) is 23.5 Å². The monoisotopic (exact) mass is 487 g/mol. The van der Waals surface area contributed by atoms with Gasteiger partial charge in [-0.15, -0.1) is 0 Å². The molecule has 2 fully saturated rings. The minimum absolute atomic E-state index is 0.0492. The van der Waals surface area contributed by atoms with Crippen molar-refractivity contribution in [1.82, 2.24) is 9.80 Å². The Labute approximate surface area is 207 Å². The van der Waals surface area contributed by atoms with Gasteiger partial charge in [-0.05, 0) is 54.1 Å². The second-order valence-electron chi connectivity index (χ2n) is 8.81. The summed E-state index contributed by atoms with van der Waals surface area (Å²) in [5.41, 5.74) is 2.44. The molecular weight excluding hydrogens is 464 g/mol. The fourth-order valence-corrected chi connectivity index (χ4v) is 4.88. The molecule has 3 amide bonds. The number of nitrogens with one attached hydrogen (secondary N) is 1. The van der Waals surface area contributed by atoms with Crippen molar-refractivity contribution in [1.29, 1.82) is 0 Å². The Morgan fingerprint density at radius 2 is 1.61 bits per heavy atom. The maximum absolute atomic E-state index is 14.0. The highest BCUT2D eigenvalue weighted by Crippen LogP contribution is 2.43. The van der Waals surface area contributed by atoms with Gasteiger partial charge in [0, 0.05) is 23.6 Å². The van der Waals surface area contributed by atoms with E-state index in [-0.39, 0.29) is 55.1 Å². The number of carbonyl (C=O) groups excluding carboxylic acids is 2. The number of rotatable bonds is 3. The second-order valence-corrected chi connectivity index (χ2v) is 8.81. The lowest BCUT2D eigenvalue weighted by atomic mass is 9.73. The number of nitrogens with zero attached hydrogens (tertiary/aromatic N) is 2. The van der Waals surface area contributed by atoms with E-state index in [1.54, 1.807) is 23.1 Å². The lowest BCUT2D eigenvalue weighted by Gasteiger charge is -2.58. The Morgan fingerprint density at radius 1 is 0.972 bits per heavy atom. The van der Waals surface area contributed by atoms with Gasteiger partial charge in [-0.25, -0.2) is 13.6 Å². The molecule has 2 N–H and O–H groups in total. The van der Waals surface area contributed by atoms with Crippen LogP contribution < -0.4 is 5.32 Å². The highest BCUT2D eigenvalue weighted by atomic mass is 19.1. The first-order valence-electron chi connectivity index (χ1n) is 11.5. The van der Waals surface area contributed by atoms with Crippen LogP contribution in [-0.4, -0.2) is 58.6 Å². The van der Waals surface area contributed by atoms with Crippen molar-refractivity contribution >= 4 is 17.6 Å². The molecule has 182 valence electrons. The fraction of sp³-hybridized carbons (Fsp3) is 0.214. The number of hydrogen-bond donors (Lipinski definition) is 2. The summed E-state index contributed by atoms with van der Waals surface area (Å²) < 4.78 is 27.0. The zero-order chi connectivity index (χ0) is 25.2. The molecule has 3 atom stereocenters. The van der Waals surface area contributed by atoms with Gasteiger partial charge in [0.2, 0.25) is 5.91 Å². The van der Waals surface area contributed by atoms with Gasteiger partial charge >= 0.3 is 6.03 Å². The number of anilines is 1. The molecule has 3 aromatic rings. The molecule has 0 aliphatic carbocycles. The van der Waals surface area contributed by atoms with E-state index in [4.69, 9.17) is 0 Å². The average Bonchev–Trinajstić information content (AvgIpc) is 2.87. The van der Waals surface area contributed by atoms with Crippen LogP contribution in [0.4, 0.5) is 19.3 Å². The number of urea groups is 1. The molecule has 0 bridgehead atoms. The van der Waals surface area contributed by atoms with Crippen molar-refractivity contribution < 1.29 is 23.5 Å². The van der Waals surface area contributed by atoms with E-state index >= 15 is 0 Å². The lowest BCUT2D eigenvalue weighted by Crippen LogP contribution is -2.73. The Morgan fingerprint density at radius 3 is 2.25 bits per heavy atom. The number of fused-ring (bicyclic) bond motifs is 1. The summed E-state index contributed by atoms with van der Waals surface area (Å²) in [4.78, 5) is 28.6. The normalized spacial score (nSPS) is 20.6. The molecular formula is C28H23F2N3O3. The van der Waals surface area contributed by atoms with Crippen molar-refractivity contribution in [3.8, 4) is 11.8 Å². The fourth-order valence-electron chi connectivity index (χ4n) is 4.88. The summed E-state index contributed by atoms with van der Waals surface area (Å²) in [6.45, 7) is -0.0717. The summed E-state index contributed by atoms with van der Waals surface area (Å²) >= 11 is 0. The lowest BCUT2D eigenvalue weighted by molar-refractivity contribution is -0.159. The van der Waals surface area contributed by atoms with Gasteiger partial charge in [-0.2, -0.15) is 0 Å². The van der Waals surface area contributed by atoms with Gasteiger partial charge in [-0.3, -0.25) is 4.79 Å². The molecule has 5 rings (SSSR count). The Hall–Kier alpha value is -4.22. The van der Waals surface area contributed by atoms with Gasteiger partial charge < -0.3 is 20.2 Å². The van der Waals surface area contributed by atoms with Gasteiger partial charge in [-0.1, -0.05) is 36.1 Å². The number of aliphatic hydroxyl groups is 1. The van der Waals surface area contributed by atoms with Gasteiger partial charge in [0.1, 0.15) is 18.2 Å². The van der Waals surface area contributed by atoms with E-state index in [1.165, 1.54) is 35.2 Å². The largest absolute Gasteiger partial charge is 0.394 e.